The van der Waals surface area contributed by atoms with Crippen molar-refractivity contribution in [2.45, 2.75) is 63.3 Å². The van der Waals surface area contributed by atoms with Gasteiger partial charge >= 0.3 is 5.97 Å². The summed E-state index contributed by atoms with van der Waals surface area (Å²) >= 11 is 0. The molecule has 1 saturated carbocycles. The molecule has 1 fully saturated rings. The van der Waals surface area contributed by atoms with Crippen molar-refractivity contribution in [2.75, 3.05) is 7.11 Å². The van der Waals surface area contributed by atoms with Crippen LogP contribution in [0.4, 0.5) is 4.39 Å². The quantitative estimate of drug-likeness (QED) is 0.364. The number of halogens is 1. The molecule has 5 atom stereocenters. The molecule has 30 heavy (non-hydrogen) atoms. The van der Waals surface area contributed by atoms with Crippen LogP contribution in [0.2, 0.25) is 0 Å². The molecule has 3 rings (SSSR count). The van der Waals surface area contributed by atoms with Crippen LogP contribution < -0.4 is 0 Å². The average Bonchev–Trinajstić information content (AvgIpc) is 3.29. The Bertz CT molecular complexity index is 734. The second kappa shape index (κ2) is 10.9. The summed E-state index contributed by atoms with van der Waals surface area (Å²) < 4.78 is 19.1. The van der Waals surface area contributed by atoms with Gasteiger partial charge in [0.2, 0.25) is 0 Å². The molecule has 4 nitrogen and oxygen atoms in total. The molecule has 1 aromatic carbocycles. The maximum Gasteiger partial charge on any atom is 0.305 e. The van der Waals surface area contributed by atoms with Crippen molar-refractivity contribution in [2.24, 2.45) is 17.8 Å². The largest absolute Gasteiger partial charge is 0.469 e. The summed E-state index contributed by atoms with van der Waals surface area (Å²) in [6, 6.07) is 8.24. The topological polar surface area (TPSA) is 66.8 Å². The van der Waals surface area contributed by atoms with Crippen LogP contribution in [0.5, 0.6) is 0 Å². The van der Waals surface area contributed by atoms with E-state index in [1.165, 1.54) is 18.2 Å². The zero-order valence-electron chi connectivity index (χ0n) is 17.6. The number of allylic oxidation sites excluding steroid dienone is 3. The van der Waals surface area contributed by atoms with E-state index in [0.29, 0.717) is 19.3 Å². The van der Waals surface area contributed by atoms with E-state index >= 15 is 0 Å². The van der Waals surface area contributed by atoms with Crippen molar-refractivity contribution in [1.82, 2.24) is 0 Å². The molecule has 0 aliphatic heterocycles. The third-order valence-electron chi connectivity index (χ3n) is 6.52. The number of carbonyl (C=O) groups excluding carboxylic acids is 1. The number of fused-ring (bicyclic) bond motifs is 1. The van der Waals surface area contributed by atoms with Gasteiger partial charge in [-0.1, -0.05) is 48.6 Å². The molecule has 2 aliphatic carbocycles. The summed E-state index contributed by atoms with van der Waals surface area (Å²) in [7, 11) is 1.38. The van der Waals surface area contributed by atoms with Crippen LogP contribution >= 0.6 is 0 Å². The third-order valence-corrected chi connectivity index (χ3v) is 6.52. The van der Waals surface area contributed by atoms with Crippen LogP contribution in [0.3, 0.4) is 0 Å². The molecule has 0 saturated heterocycles. The van der Waals surface area contributed by atoms with Gasteiger partial charge in [-0.25, -0.2) is 4.39 Å². The minimum Gasteiger partial charge on any atom is -0.469 e. The van der Waals surface area contributed by atoms with Gasteiger partial charge < -0.3 is 14.9 Å². The second-order valence-corrected chi connectivity index (χ2v) is 8.55. The van der Waals surface area contributed by atoms with Gasteiger partial charge in [-0.3, -0.25) is 4.79 Å². The lowest BCUT2D eigenvalue weighted by atomic mass is 9.89. The van der Waals surface area contributed by atoms with Gasteiger partial charge in [-0.15, -0.1) is 0 Å². The van der Waals surface area contributed by atoms with Crippen LogP contribution in [-0.4, -0.2) is 41.7 Å². The lowest BCUT2D eigenvalue weighted by Crippen LogP contribution is -2.21. The first-order valence-corrected chi connectivity index (χ1v) is 11.0. The van der Waals surface area contributed by atoms with Crippen LogP contribution in [0.15, 0.2) is 48.6 Å². The molecule has 0 amide bonds. The Balaban J connectivity index is 1.51. The van der Waals surface area contributed by atoms with E-state index in [-0.39, 0.29) is 24.2 Å². The van der Waals surface area contributed by atoms with Gasteiger partial charge in [-0.2, -0.15) is 0 Å². The molecule has 2 aliphatic rings. The van der Waals surface area contributed by atoms with Crippen LogP contribution in [0.25, 0.3) is 0 Å². The van der Waals surface area contributed by atoms with Gasteiger partial charge in [0.15, 0.2) is 0 Å². The summed E-state index contributed by atoms with van der Waals surface area (Å²) in [5.41, 5.74) is 2.56. The minimum atomic E-state index is -1.10. The van der Waals surface area contributed by atoms with Crippen molar-refractivity contribution < 1.29 is 24.1 Å². The van der Waals surface area contributed by atoms with E-state index in [2.05, 4.69) is 16.9 Å². The van der Waals surface area contributed by atoms with E-state index in [1.54, 1.807) is 12.2 Å². The number of alkyl halides is 1. The first kappa shape index (κ1) is 22.7. The SMILES string of the molecule is COC(=O)CCC/C=C\C[C@@H]1[C@@H](/C=C/[C@H](O)C2Cc3ccccc3C2)[C@@H](F)C[C@H]1O. The molecule has 0 bridgehead atoms. The number of ether oxygens (including phenoxy) is 1. The monoisotopic (exact) mass is 416 g/mol. The predicted molar refractivity (Wildman–Crippen MR) is 115 cm³/mol. The van der Waals surface area contributed by atoms with E-state index in [1.807, 2.05) is 24.3 Å². The number of carbonyl (C=O) groups is 1. The Labute approximate surface area is 178 Å². The van der Waals surface area contributed by atoms with Crippen molar-refractivity contribution in [3.05, 3.63) is 59.7 Å². The fraction of sp³-hybridized carbons (Fsp3) is 0.560. The summed E-state index contributed by atoms with van der Waals surface area (Å²) in [6.07, 6.45) is 9.32. The number of aliphatic hydroxyl groups excluding tert-OH is 2. The normalized spacial score (nSPS) is 27.7. The molecule has 0 aromatic heterocycles. The van der Waals surface area contributed by atoms with Crippen LogP contribution in [0, 0.1) is 17.8 Å². The van der Waals surface area contributed by atoms with Crippen LogP contribution in [0.1, 0.15) is 43.2 Å². The van der Waals surface area contributed by atoms with Crippen LogP contribution in [-0.2, 0) is 22.4 Å². The molecular formula is C25H33FO4. The number of unbranched alkanes of at least 4 members (excludes halogenated alkanes) is 1. The fourth-order valence-corrected chi connectivity index (χ4v) is 4.74. The highest BCUT2D eigenvalue weighted by molar-refractivity contribution is 5.69. The van der Waals surface area contributed by atoms with E-state index in [0.717, 1.165) is 19.3 Å². The molecule has 0 radical (unpaired) electrons. The maximum absolute atomic E-state index is 14.5. The summed E-state index contributed by atoms with van der Waals surface area (Å²) in [5.74, 6) is -0.681. The fourth-order valence-electron chi connectivity index (χ4n) is 4.74. The predicted octanol–water partition coefficient (Wildman–Crippen LogP) is 3.94. The number of benzene rings is 1. The van der Waals surface area contributed by atoms with Crippen molar-refractivity contribution in [3.63, 3.8) is 0 Å². The highest BCUT2D eigenvalue weighted by atomic mass is 19.1. The van der Waals surface area contributed by atoms with Crippen molar-refractivity contribution in [1.29, 1.82) is 0 Å². The molecule has 1 aromatic rings. The summed E-state index contributed by atoms with van der Waals surface area (Å²) in [6.45, 7) is 0. The molecule has 0 heterocycles. The van der Waals surface area contributed by atoms with E-state index in [9.17, 15) is 19.4 Å². The van der Waals surface area contributed by atoms with E-state index in [4.69, 9.17) is 0 Å². The zero-order valence-corrected chi connectivity index (χ0v) is 17.6. The van der Waals surface area contributed by atoms with Crippen molar-refractivity contribution in [3.8, 4) is 0 Å². The number of hydrogen-bond donors (Lipinski definition) is 2. The van der Waals surface area contributed by atoms with Crippen molar-refractivity contribution >= 4 is 5.97 Å². The Morgan fingerprint density at radius 3 is 2.63 bits per heavy atom. The van der Waals surface area contributed by atoms with Gasteiger partial charge in [0.25, 0.3) is 0 Å². The molecule has 2 N–H and O–H groups in total. The molecule has 0 unspecified atom stereocenters. The number of esters is 1. The highest BCUT2D eigenvalue weighted by Gasteiger charge is 2.40. The second-order valence-electron chi connectivity index (χ2n) is 8.55. The zero-order chi connectivity index (χ0) is 21.5. The average molecular weight is 417 g/mol. The van der Waals surface area contributed by atoms with Gasteiger partial charge in [0, 0.05) is 18.8 Å². The smallest absolute Gasteiger partial charge is 0.305 e. The van der Waals surface area contributed by atoms with E-state index < -0.39 is 24.3 Å². The Hall–Kier alpha value is -1.98. The molecule has 0 spiro atoms. The first-order valence-electron chi connectivity index (χ1n) is 11.0. The minimum absolute atomic E-state index is 0.121. The number of aliphatic hydroxyl groups is 2. The lowest BCUT2D eigenvalue weighted by Gasteiger charge is -2.20. The van der Waals surface area contributed by atoms with Gasteiger partial charge in [0.1, 0.15) is 6.17 Å². The van der Waals surface area contributed by atoms with Gasteiger partial charge in [0.05, 0.1) is 19.3 Å². The number of methoxy groups -OCH3 is 1. The third kappa shape index (κ3) is 5.79. The summed E-state index contributed by atoms with van der Waals surface area (Å²) in [4.78, 5) is 11.1. The molecule has 5 heteroatoms. The molecule has 164 valence electrons. The van der Waals surface area contributed by atoms with Gasteiger partial charge in [-0.05, 0) is 55.1 Å². The Morgan fingerprint density at radius 1 is 1.27 bits per heavy atom. The maximum atomic E-state index is 14.5. The molecular weight excluding hydrogens is 383 g/mol. The Morgan fingerprint density at radius 2 is 1.97 bits per heavy atom. The summed E-state index contributed by atoms with van der Waals surface area (Å²) in [5, 5.41) is 20.9. The first-order chi connectivity index (χ1) is 14.5. The standard InChI is InChI=1S/C25H33FO4/c1-30-25(29)11-5-3-2-4-10-21-20(22(26)16-24(21)28)12-13-23(27)19-14-17-8-6-7-9-18(17)15-19/h2,4,6-9,12-13,19-24,27-28H,3,5,10-11,14-16H2,1H3/b4-2-,13-12+/t20-,21-,22+,23+,24-/m1/s1. The Kier molecular flexibility index (Phi) is 8.23. The lowest BCUT2D eigenvalue weighted by molar-refractivity contribution is -0.140. The number of rotatable bonds is 9. The number of hydrogen-bond acceptors (Lipinski definition) is 4. The highest BCUT2D eigenvalue weighted by Crippen LogP contribution is 2.38.